The van der Waals surface area contributed by atoms with Crippen LogP contribution >= 0.6 is 0 Å². The van der Waals surface area contributed by atoms with Crippen LogP contribution in [0.2, 0.25) is 0 Å². The molecule has 0 bridgehead atoms. The minimum atomic E-state index is 0.500. The maximum absolute atomic E-state index is 5.50. The fraction of sp³-hybridized carbons (Fsp3) is 0.529. The summed E-state index contributed by atoms with van der Waals surface area (Å²) in [6, 6.07) is 5.34. The third kappa shape index (κ3) is 2.67. The summed E-state index contributed by atoms with van der Waals surface area (Å²) in [5.41, 5.74) is 4.09. The maximum Gasteiger partial charge on any atom is 0.296 e. The van der Waals surface area contributed by atoms with E-state index in [1.165, 1.54) is 12.8 Å². The van der Waals surface area contributed by atoms with Crippen molar-refractivity contribution in [2.24, 2.45) is 5.92 Å². The highest BCUT2D eigenvalue weighted by molar-refractivity contribution is 5.62. The van der Waals surface area contributed by atoms with Gasteiger partial charge in [-0.3, -0.25) is 9.55 Å². The van der Waals surface area contributed by atoms with Gasteiger partial charge in [-0.2, -0.15) is 4.98 Å². The fourth-order valence-corrected chi connectivity index (χ4v) is 3.09. The first-order valence-corrected chi connectivity index (χ1v) is 7.71. The Balaban J connectivity index is 2.02. The third-order valence-electron chi connectivity index (χ3n) is 4.32. The molecule has 1 atom stereocenters. The number of hydrogen-bond acceptors (Lipinski definition) is 3. The van der Waals surface area contributed by atoms with Crippen LogP contribution in [0.1, 0.15) is 43.6 Å². The second-order valence-corrected chi connectivity index (χ2v) is 5.92. The lowest BCUT2D eigenvalue weighted by Crippen LogP contribution is -2.10. The van der Waals surface area contributed by atoms with Crippen molar-refractivity contribution in [1.82, 2.24) is 14.5 Å². The fourth-order valence-electron chi connectivity index (χ4n) is 3.09. The van der Waals surface area contributed by atoms with E-state index in [2.05, 4.69) is 33.7 Å². The summed E-state index contributed by atoms with van der Waals surface area (Å²) >= 11 is 0. The van der Waals surface area contributed by atoms with Crippen LogP contribution < -0.4 is 4.74 Å². The lowest BCUT2D eigenvalue weighted by Gasteiger charge is -2.17. The normalized spacial score (nSPS) is 16.0. The highest BCUT2D eigenvalue weighted by Gasteiger charge is 2.33. The Morgan fingerprint density at radius 3 is 2.62 bits per heavy atom. The summed E-state index contributed by atoms with van der Waals surface area (Å²) in [6.45, 7) is 6.28. The van der Waals surface area contributed by atoms with Gasteiger partial charge in [0.25, 0.3) is 6.01 Å². The van der Waals surface area contributed by atoms with Crippen LogP contribution in [0.25, 0.3) is 11.3 Å². The van der Waals surface area contributed by atoms with E-state index in [4.69, 9.17) is 4.74 Å². The predicted octanol–water partition coefficient (Wildman–Crippen LogP) is 3.93. The molecule has 1 fully saturated rings. The second-order valence-electron chi connectivity index (χ2n) is 5.92. The number of methoxy groups -OCH3 is 1. The monoisotopic (exact) mass is 285 g/mol. The summed E-state index contributed by atoms with van der Waals surface area (Å²) in [5, 5.41) is 0. The number of nitrogens with zero attached hydrogens (tertiary/aromatic N) is 3. The lowest BCUT2D eigenvalue weighted by molar-refractivity contribution is 0.318. The van der Waals surface area contributed by atoms with E-state index in [-0.39, 0.29) is 0 Å². The van der Waals surface area contributed by atoms with Crippen LogP contribution in [-0.4, -0.2) is 21.6 Å². The molecule has 4 nitrogen and oxygen atoms in total. The quantitative estimate of drug-likeness (QED) is 0.835. The van der Waals surface area contributed by atoms with Crippen LogP contribution in [0.3, 0.4) is 0 Å². The number of pyridine rings is 1. The first-order chi connectivity index (χ1) is 10.1. The van der Waals surface area contributed by atoms with Gasteiger partial charge in [0, 0.05) is 29.2 Å². The van der Waals surface area contributed by atoms with Crippen LogP contribution in [0.15, 0.2) is 18.3 Å². The zero-order valence-corrected chi connectivity index (χ0v) is 13.3. The standard InChI is InChI=1S/C17H23N3O/c1-5-16(13-7-8-13)20-10-15(19-17(20)21-4)14-9-6-11(2)18-12(14)3/h6,9-10,13,16H,5,7-8H2,1-4H3. The van der Waals surface area contributed by atoms with E-state index >= 15 is 0 Å². The highest BCUT2D eigenvalue weighted by Crippen LogP contribution is 2.43. The van der Waals surface area contributed by atoms with Crippen molar-refractivity contribution in [1.29, 1.82) is 0 Å². The molecule has 1 aliphatic rings. The Kier molecular flexibility index (Phi) is 3.70. The maximum atomic E-state index is 5.50. The largest absolute Gasteiger partial charge is 0.468 e. The molecule has 0 N–H and O–H groups in total. The molecule has 0 spiro atoms. The summed E-state index contributed by atoms with van der Waals surface area (Å²) in [7, 11) is 1.70. The number of aryl methyl sites for hydroxylation is 2. The van der Waals surface area contributed by atoms with E-state index in [0.29, 0.717) is 12.1 Å². The molecule has 112 valence electrons. The van der Waals surface area contributed by atoms with Gasteiger partial charge in [-0.25, -0.2) is 0 Å². The molecular weight excluding hydrogens is 262 g/mol. The molecule has 21 heavy (non-hydrogen) atoms. The van der Waals surface area contributed by atoms with Gasteiger partial charge in [-0.05, 0) is 51.2 Å². The number of ether oxygens (including phenoxy) is 1. The molecule has 2 aromatic heterocycles. The zero-order chi connectivity index (χ0) is 15.0. The summed E-state index contributed by atoms with van der Waals surface area (Å²) in [5.74, 6) is 0.781. The molecule has 1 saturated carbocycles. The van der Waals surface area contributed by atoms with Gasteiger partial charge >= 0.3 is 0 Å². The van der Waals surface area contributed by atoms with Crippen LogP contribution in [-0.2, 0) is 0 Å². The SMILES string of the molecule is CCC(C1CC1)n1cc(-c2ccc(C)nc2C)nc1OC. The van der Waals surface area contributed by atoms with Crippen LogP contribution in [0.5, 0.6) is 6.01 Å². The lowest BCUT2D eigenvalue weighted by atomic mass is 10.1. The summed E-state index contributed by atoms with van der Waals surface area (Å²) in [4.78, 5) is 9.21. The average Bonchev–Trinajstić information content (AvgIpc) is 3.20. The molecule has 2 heterocycles. The molecular formula is C17H23N3O. The summed E-state index contributed by atoms with van der Waals surface area (Å²) < 4.78 is 7.72. The molecule has 0 aromatic carbocycles. The zero-order valence-electron chi connectivity index (χ0n) is 13.3. The van der Waals surface area contributed by atoms with Gasteiger partial charge in [0.15, 0.2) is 0 Å². The predicted molar refractivity (Wildman–Crippen MR) is 83.5 cm³/mol. The summed E-state index contributed by atoms with van der Waals surface area (Å²) in [6.07, 6.45) is 5.88. The molecule has 0 saturated heterocycles. The van der Waals surface area contributed by atoms with E-state index in [1.54, 1.807) is 7.11 Å². The smallest absolute Gasteiger partial charge is 0.296 e. The minimum absolute atomic E-state index is 0.500. The van der Waals surface area contributed by atoms with Gasteiger partial charge in [0.2, 0.25) is 0 Å². The molecule has 4 heteroatoms. The van der Waals surface area contributed by atoms with Crippen molar-refractivity contribution in [3.05, 3.63) is 29.7 Å². The third-order valence-corrected chi connectivity index (χ3v) is 4.32. The van der Waals surface area contributed by atoms with Crippen molar-refractivity contribution in [2.75, 3.05) is 7.11 Å². The van der Waals surface area contributed by atoms with Gasteiger partial charge < -0.3 is 4.74 Å². The Labute approximate surface area is 126 Å². The molecule has 2 aromatic rings. The number of aromatic nitrogens is 3. The van der Waals surface area contributed by atoms with Crippen molar-refractivity contribution >= 4 is 0 Å². The van der Waals surface area contributed by atoms with E-state index < -0.39 is 0 Å². The van der Waals surface area contributed by atoms with Crippen molar-refractivity contribution in [3.63, 3.8) is 0 Å². The van der Waals surface area contributed by atoms with E-state index in [1.807, 2.05) is 19.9 Å². The minimum Gasteiger partial charge on any atom is -0.468 e. The number of hydrogen-bond donors (Lipinski definition) is 0. The topological polar surface area (TPSA) is 39.9 Å². The van der Waals surface area contributed by atoms with Crippen LogP contribution in [0, 0.1) is 19.8 Å². The Morgan fingerprint density at radius 2 is 2.05 bits per heavy atom. The highest BCUT2D eigenvalue weighted by atomic mass is 16.5. The average molecular weight is 285 g/mol. The number of rotatable bonds is 5. The van der Waals surface area contributed by atoms with Gasteiger partial charge in [-0.1, -0.05) is 6.92 Å². The molecule has 0 aliphatic heterocycles. The Bertz CT molecular complexity index is 643. The Morgan fingerprint density at radius 1 is 1.29 bits per heavy atom. The van der Waals surface area contributed by atoms with Gasteiger partial charge in [-0.15, -0.1) is 0 Å². The van der Waals surface area contributed by atoms with Gasteiger partial charge in [0.1, 0.15) is 0 Å². The first kappa shape index (κ1) is 14.1. The molecule has 1 unspecified atom stereocenters. The van der Waals surface area contributed by atoms with E-state index in [0.717, 1.165) is 35.0 Å². The van der Waals surface area contributed by atoms with Crippen molar-refractivity contribution in [3.8, 4) is 17.3 Å². The molecule has 0 radical (unpaired) electrons. The van der Waals surface area contributed by atoms with Crippen molar-refractivity contribution < 1.29 is 4.74 Å². The van der Waals surface area contributed by atoms with Crippen molar-refractivity contribution in [2.45, 2.75) is 46.1 Å². The van der Waals surface area contributed by atoms with E-state index in [9.17, 15) is 0 Å². The van der Waals surface area contributed by atoms with Gasteiger partial charge in [0.05, 0.1) is 12.8 Å². The number of imidazole rings is 1. The first-order valence-electron chi connectivity index (χ1n) is 7.71. The Hall–Kier alpha value is -1.84. The molecule has 3 rings (SSSR count). The van der Waals surface area contributed by atoms with Crippen LogP contribution in [0.4, 0.5) is 0 Å². The molecule has 0 amide bonds. The second kappa shape index (κ2) is 5.51. The molecule has 1 aliphatic carbocycles.